The van der Waals surface area contributed by atoms with Crippen molar-refractivity contribution >= 4 is 27.3 Å². The zero-order chi connectivity index (χ0) is 18.0. The van der Waals surface area contributed by atoms with Gasteiger partial charge in [0.2, 0.25) is 10.0 Å². The quantitative estimate of drug-likeness (QED) is 0.822. The molecule has 2 aromatic rings. The van der Waals surface area contributed by atoms with Crippen molar-refractivity contribution in [3.05, 3.63) is 58.9 Å². The lowest BCUT2D eigenvalue weighted by Gasteiger charge is -2.35. The van der Waals surface area contributed by atoms with E-state index < -0.39 is 10.0 Å². The van der Waals surface area contributed by atoms with Crippen LogP contribution in [0.4, 0.5) is 10.1 Å². The van der Waals surface area contributed by atoms with Crippen LogP contribution in [0.2, 0.25) is 5.02 Å². The number of anilines is 1. The van der Waals surface area contributed by atoms with Crippen LogP contribution < -0.4 is 4.90 Å². The largest absolute Gasteiger partial charge is 0.369 e. The summed E-state index contributed by atoms with van der Waals surface area (Å²) in [5.74, 6) is -0.303. The lowest BCUT2D eigenvalue weighted by molar-refractivity contribution is 0.385. The van der Waals surface area contributed by atoms with Gasteiger partial charge in [0.05, 0.1) is 15.5 Å². The molecule has 1 aliphatic heterocycles. The van der Waals surface area contributed by atoms with Crippen molar-refractivity contribution in [2.75, 3.05) is 31.1 Å². The molecule has 2 aromatic carbocycles. The van der Waals surface area contributed by atoms with Gasteiger partial charge in [-0.15, -0.1) is 0 Å². The van der Waals surface area contributed by atoms with E-state index in [1.54, 1.807) is 12.1 Å². The van der Waals surface area contributed by atoms with E-state index in [0.29, 0.717) is 26.2 Å². The molecule has 0 aromatic heterocycles. The Bertz CT molecular complexity index is 918. The summed E-state index contributed by atoms with van der Waals surface area (Å²) >= 11 is 5.95. The van der Waals surface area contributed by atoms with E-state index in [4.69, 9.17) is 16.9 Å². The molecule has 0 aliphatic carbocycles. The van der Waals surface area contributed by atoms with Crippen LogP contribution in [0, 0.1) is 17.1 Å². The molecule has 3 rings (SSSR count). The van der Waals surface area contributed by atoms with Crippen LogP contribution in [0.5, 0.6) is 0 Å². The van der Waals surface area contributed by atoms with Crippen molar-refractivity contribution in [1.82, 2.24) is 4.31 Å². The molecular formula is C17H15ClFN3O2S. The Hall–Kier alpha value is -2.14. The van der Waals surface area contributed by atoms with Gasteiger partial charge in [0.1, 0.15) is 11.9 Å². The van der Waals surface area contributed by atoms with Crippen molar-refractivity contribution in [2.24, 2.45) is 0 Å². The summed E-state index contributed by atoms with van der Waals surface area (Å²) < 4.78 is 39.9. The minimum Gasteiger partial charge on any atom is -0.369 e. The van der Waals surface area contributed by atoms with Crippen LogP contribution in [-0.2, 0) is 10.0 Å². The van der Waals surface area contributed by atoms with E-state index in [0.717, 1.165) is 5.69 Å². The predicted molar refractivity (Wildman–Crippen MR) is 93.5 cm³/mol. The Morgan fingerprint density at radius 2 is 1.68 bits per heavy atom. The van der Waals surface area contributed by atoms with Crippen molar-refractivity contribution in [3.63, 3.8) is 0 Å². The second kappa shape index (κ2) is 7.00. The van der Waals surface area contributed by atoms with Gasteiger partial charge in [-0.25, -0.2) is 12.8 Å². The molecule has 1 fully saturated rings. The number of piperazine rings is 1. The van der Waals surface area contributed by atoms with E-state index in [1.165, 1.54) is 34.6 Å². The summed E-state index contributed by atoms with van der Waals surface area (Å²) in [6.45, 7) is 1.65. The first-order chi connectivity index (χ1) is 11.9. The maximum Gasteiger partial charge on any atom is 0.243 e. The summed E-state index contributed by atoms with van der Waals surface area (Å²) in [7, 11) is -3.67. The second-order valence-corrected chi connectivity index (χ2v) is 7.97. The van der Waals surface area contributed by atoms with E-state index in [9.17, 15) is 12.8 Å². The molecule has 0 spiro atoms. The van der Waals surface area contributed by atoms with E-state index in [1.807, 2.05) is 11.0 Å². The van der Waals surface area contributed by atoms with Crippen molar-refractivity contribution in [3.8, 4) is 6.07 Å². The SMILES string of the molecule is N#Cc1ccc(S(=O)(=O)N2CCN(c3ccc(F)cc3)CC2)cc1Cl. The number of halogens is 2. The topological polar surface area (TPSA) is 64.4 Å². The summed E-state index contributed by atoms with van der Waals surface area (Å²) in [6.07, 6.45) is 0. The monoisotopic (exact) mass is 379 g/mol. The number of sulfonamides is 1. The molecule has 0 saturated carbocycles. The van der Waals surface area contributed by atoms with Crippen LogP contribution in [0.1, 0.15) is 5.56 Å². The predicted octanol–water partition coefficient (Wildman–Crippen LogP) is 2.86. The number of benzene rings is 2. The average molecular weight is 380 g/mol. The highest BCUT2D eigenvalue weighted by Gasteiger charge is 2.29. The fourth-order valence-electron chi connectivity index (χ4n) is 2.73. The summed E-state index contributed by atoms with van der Waals surface area (Å²) in [6, 6.07) is 12.1. The van der Waals surface area contributed by atoms with Gasteiger partial charge >= 0.3 is 0 Å². The lowest BCUT2D eigenvalue weighted by Crippen LogP contribution is -2.48. The molecular weight excluding hydrogens is 365 g/mol. The van der Waals surface area contributed by atoms with Crippen molar-refractivity contribution < 1.29 is 12.8 Å². The van der Waals surface area contributed by atoms with Gasteiger partial charge in [-0.3, -0.25) is 0 Å². The van der Waals surface area contributed by atoms with Crippen LogP contribution in [0.25, 0.3) is 0 Å². The number of rotatable bonds is 3. The van der Waals surface area contributed by atoms with Gasteiger partial charge in [0, 0.05) is 31.9 Å². The fraction of sp³-hybridized carbons (Fsp3) is 0.235. The molecule has 130 valence electrons. The molecule has 1 saturated heterocycles. The summed E-state index contributed by atoms with van der Waals surface area (Å²) in [5, 5.41) is 9.01. The van der Waals surface area contributed by atoms with Gasteiger partial charge in [0.25, 0.3) is 0 Å². The highest BCUT2D eigenvalue weighted by molar-refractivity contribution is 7.89. The first-order valence-corrected chi connectivity index (χ1v) is 9.44. The van der Waals surface area contributed by atoms with Gasteiger partial charge in [-0.1, -0.05) is 11.6 Å². The molecule has 0 bridgehead atoms. The number of nitriles is 1. The molecule has 25 heavy (non-hydrogen) atoms. The maximum atomic E-state index is 13.0. The molecule has 0 N–H and O–H groups in total. The smallest absolute Gasteiger partial charge is 0.243 e. The number of hydrogen-bond acceptors (Lipinski definition) is 4. The molecule has 0 atom stereocenters. The maximum absolute atomic E-state index is 13.0. The molecule has 0 radical (unpaired) electrons. The molecule has 5 nitrogen and oxygen atoms in total. The highest BCUT2D eigenvalue weighted by Crippen LogP contribution is 2.25. The van der Waals surface area contributed by atoms with Crippen LogP contribution in [-0.4, -0.2) is 38.9 Å². The van der Waals surface area contributed by atoms with Crippen molar-refractivity contribution in [2.45, 2.75) is 4.90 Å². The summed E-state index contributed by atoms with van der Waals surface area (Å²) in [5.41, 5.74) is 1.10. The fourth-order valence-corrected chi connectivity index (χ4v) is 4.47. The van der Waals surface area contributed by atoms with Crippen LogP contribution in [0.3, 0.4) is 0 Å². The van der Waals surface area contributed by atoms with E-state index >= 15 is 0 Å². The molecule has 1 aliphatic rings. The van der Waals surface area contributed by atoms with Gasteiger partial charge in [-0.2, -0.15) is 9.57 Å². The standard InChI is InChI=1S/C17H15ClFN3O2S/c18-17-11-16(6-1-13(17)12-20)25(23,24)22-9-7-21(8-10-22)15-4-2-14(19)3-5-15/h1-6,11H,7-10H2. The highest BCUT2D eigenvalue weighted by atomic mass is 35.5. The Morgan fingerprint density at radius 3 is 2.24 bits per heavy atom. The Labute approximate surface area is 150 Å². The first-order valence-electron chi connectivity index (χ1n) is 7.62. The molecule has 8 heteroatoms. The van der Waals surface area contributed by atoms with Crippen LogP contribution in [0.15, 0.2) is 47.4 Å². The Kier molecular flexibility index (Phi) is 4.95. The number of nitrogens with zero attached hydrogens (tertiary/aromatic N) is 3. The van der Waals surface area contributed by atoms with Gasteiger partial charge < -0.3 is 4.90 Å². The van der Waals surface area contributed by atoms with Gasteiger partial charge in [-0.05, 0) is 42.5 Å². The molecule has 0 unspecified atom stereocenters. The second-order valence-electron chi connectivity index (χ2n) is 5.62. The van der Waals surface area contributed by atoms with Gasteiger partial charge in [0.15, 0.2) is 0 Å². The molecule has 1 heterocycles. The normalized spacial score (nSPS) is 15.8. The van der Waals surface area contributed by atoms with E-state index in [-0.39, 0.29) is 21.3 Å². The van der Waals surface area contributed by atoms with Crippen molar-refractivity contribution in [1.29, 1.82) is 5.26 Å². The number of hydrogen-bond donors (Lipinski definition) is 0. The summed E-state index contributed by atoms with van der Waals surface area (Å²) in [4.78, 5) is 2.09. The van der Waals surface area contributed by atoms with Crippen LogP contribution >= 0.6 is 11.6 Å². The molecule has 0 amide bonds. The third-order valence-electron chi connectivity index (χ3n) is 4.13. The van der Waals surface area contributed by atoms with E-state index in [2.05, 4.69) is 0 Å². The average Bonchev–Trinajstić information content (AvgIpc) is 2.62. The lowest BCUT2D eigenvalue weighted by atomic mass is 10.2. The minimum atomic E-state index is -3.67. The minimum absolute atomic E-state index is 0.0757. The third kappa shape index (κ3) is 3.61. The zero-order valence-corrected chi connectivity index (χ0v) is 14.8. The third-order valence-corrected chi connectivity index (χ3v) is 6.34. The first kappa shape index (κ1) is 17.7. The zero-order valence-electron chi connectivity index (χ0n) is 13.2. The Morgan fingerprint density at radius 1 is 1.04 bits per heavy atom. The Balaban J connectivity index is 1.74.